The molecule has 0 saturated carbocycles. The standard InChI is InChI=1S/C5H5IN2O.HNO2.Y/c6-4-3(9)1-2-8-5(4)7;2-1-3;/h1-2H,(H3,7,8,9);(H,2,3);/p-1. The van der Waals surface area contributed by atoms with Gasteiger partial charge < -0.3 is 21.0 Å². The summed E-state index contributed by atoms with van der Waals surface area (Å²) in [6.45, 7) is 0. The number of nitrogens with two attached hydrogens (primary N) is 1. The third-order valence-electron chi connectivity index (χ3n) is 0.896. The maximum Gasteiger partial charge on any atom is 0.140 e. The predicted molar refractivity (Wildman–Crippen MR) is 52.2 cm³/mol. The first kappa shape index (κ1) is 15.5. The van der Waals surface area contributed by atoms with E-state index in [1.165, 1.54) is 12.3 Å². The largest absolute Gasteiger partial charge is 0.507 e. The van der Waals surface area contributed by atoms with Crippen LogP contribution in [0.15, 0.2) is 17.6 Å². The molecule has 1 rings (SSSR count). The summed E-state index contributed by atoms with van der Waals surface area (Å²) >= 11 is 1.93. The number of pyridine rings is 1. The summed E-state index contributed by atoms with van der Waals surface area (Å²) in [5.74, 6) is 0.554. The maximum atomic E-state index is 8.97. The summed E-state index contributed by atoms with van der Waals surface area (Å²) in [5.41, 5.74) is 5.34. The van der Waals surface area contributed by atoms with Crippen molar-refractivity contribution >= 4 is 28.4 Å². The minimum atomic E-state index is 0. The van der Waals surface area contributed by atoms with Crippen LogP contribution < -0.4 is 5.73 Å². The first-order valence-corrected chi connectivity index (χ1v) is 3.75. The summed E-state index contributed by atoms with van der Waals surface area (Å²) in [5, 5.41) is 18.0. The Hall–Kier alpha value is -0.0161. The van der Waals surface area contributed by atoms with Crippen LogP contribution in [0, 0.1) is 13.7 Å². The Kier molecular flexibility index (Phi) is 10.2. The van der Waals surface area contributed by atoms with Crippen LogP contribution in [0.1, 0.15) is 0 Å². The van der Waals surface area contributed by atoms with Crippen LogP contribution in [-0.4, -0.2) is 10.1 Å². The van der Waals surface area contributed by atoms with Crippen molar-refractivity contribution in [2.75, 3.05) is 5.73 Å². The number of anilines is 1. The number of halogens is 1. The fourth-order valence-electron chi connectivity index (χ4n) is 0.449. The van der Waals surface area contributed by atoms with Crippen LogP contribution in [-0.2, 0) is 32.7 Å². The molecule has 0 atom stereocenters. The molecule has 1 radical (unpaired) electrons. The molecule has 1 heterocycles. The van der Waals surface area contributed by atoms with Gasteiger partial charge in [-0.05, 0) is 28.7 Å². The van der Waals surface area contributed by atoms with E-state index in [2.05, 4.69) is 4.98 Å². The van der Waals surface area contributed by atoms with Crippen LogP contribution in [0.3, 0.4) is 0 Å². The monoisotopic (exact) mass is 371 g/mol. The first-order chi connectivity index (χ1) is 5.63. The van der Waals surface area contributed by atoms with Gasteiger partial charge in [0.1, 0.15) is 11.6 Å². The van der Waals surface area contributed by atoms with E-state index in [1.54, 1.807) is 0 Å². The molecule has 3 N–H and O–H groups in total. The van der Waals surface area contributed by atoms with E-state index >= 15 is 0 Å². The fourth-order valence-corrected chi connectivity index (χ4v) is 0.768. The summed E-state index contributed by atoms with van der Waals surface area (Å²) in [7, 11) is 0. The number of hydrogen-bond donors (Lipinski definition) is 2. The average Bonchev–Trinajstić information content (AvgIpc) is 2.02. The molecule has 69 valence electrons. The Morgan fingerprint density at radius 1 is 1.69 bits per heavy atom. The molecule has 0 aromatic carbocycles. The van der Waals surface area contributed by atoms with E-state index in [1.807, 2.05) is 22.6 Å². The van der Waals surface area contributed by atoms with Gasteiger partial charge in [0.05, 0.1) is 3.57 Å². The van der Waals surface area contributed by atoms with Gasteiger partial charge in [0.25, 0.3) is 0 Å². The van der Waals surface area contributed by atoms with Crippen molar-refractivity contribution in [2.45, 2.75) is 0 Å². The number of hydrogen-bond acceptors (Lipinski definition) is 6. The smallest absolute Gasteiger partial charge is 0.140 e. The molecule has 1 aromatic rings. The van der Waals surface area contributed by atoms with Gasteiger partial charge in [0, 0.05) is 38.9 Å². The van der Waals surface area contributed by atoms with Gasteiger partial charge >= 0.3 is 0 Å². The molecule has 1 aromatic heterocycles. The topological polar surface area (TPSA) is 112 Å². The Balaban J connectivity index is 0. The van der Waals surface area contributed by atoms with E-state index in [0.717, 1.165) is 5.34 Å². The number of rotatable bonds is 0. The van der Waals surface area contributed by atoms with E-state index in [9.17, 15) is 0 Å². The molecule has 0 saturated heterocycles. The molecule has 8 heteroatoms. The third kappa shape index (κ3) is 6.11. The molecule has 0 spiro atoms. The van der Waals surface area contributed by atoms with Crippen molar-refractivity contribution in [3.63, 3.8) is 0 Å². The first-order valence-electron chi connectivity index (χ1n) is 2.67. The van der Waals surface area contributed by atoms with Crippen molar-refractivity contribution in [3.8, 4) is 5.75 Å². The Bertz CT molecular complexity index is 253. The van der Waals surface area contributed by atoms with Gasteiger partial charge in [0.15, 0.2) is 0 Å². The molecule has 0 aliphatic rings. The number of nitrogens with zero attached hydrogens (tertiary/aromatic N) is 2. The minimum Gasteiger partial charge on any atom is -0.507 e. The van der Waals surface area contributed by atoms with Gasteiger partial charge in [-0.15, -0.1) is 5.34 Å². The molecule has 0 aliphatic carbocycles. The average molecular weight is 371 g/mol. The summed E-state index contributed by atoms with van der Waals surface area (Å²) in [4.78, 5) is 11.7. The molecular weight excluding hydrogens is 366 g/mol. The Labute approximate surface area is 113 Å². The van der Waals surface area contributed by atoms with Crippen LogP contribution >= 0.6 is 22.6 Å². The van der Waals surface area contributed by atoms with Crippen molar-refractivity contribution in [3.05, 3.63) is 25.9 Å². The van der Waals surface area contributed by atoms with Gasteiger partial charge in [-0.1, -0.05) is 0 Å². The zero-order chi connectivity index (χ0) is 9.56. The molecule has 0 unspecified atom stereocenters. The fraction of sp³-hybridized carbons (Fsp3) is 0. The maximum absolute atomic E-state index is 8.97. The molecule has 6 nitrogen and oxygen atoms in total. The van der Waals surface area contributed by atoms with Crippen molar-refractivity contribution in [1.82, 2.24) is 4.98 Å². The zero-order valence-corrected chi connectivity index (χ0v) is 11.3. The molecular formula is C5H5IN3O3Y-. The second-order valence-corrected chi connectivity index (χ2v) is 2.68. The molecule has 0 amide bonds. The van der Waals surface area contributed by atoms with Crippen LogP contribution in [0.2, 0.25) is 0 Å². The van der Waals surface area contributed by atoms with Gasteiger partial charge in [0.2, 0.25) is 0 Å². The molecule has 13 heavy (non-hydrogen) atoms. The van der Waals surface area contributed by atoms with Crippen molar-refractivity contribution in [1.29, 1.82) is 0 Å². The quantitative estimate of drug-likeness (QED) is 0.405. The SMILES string of the molecule is Nc1nccc(O)c1I.O=N[O-].[Y]. The van der Waals surface area contributed by atoms with Gasteiger partial charge in [-0.25, -0.2) is 4.98 Å². The van der Waals surface area contributed by atoms with Crippen LogP contribution in [0.5, 0.6) is 5.75 Å². The summed E-state index contributed by atoms with van der Waals surface area (Å²) in [6.07, 6.45) is 1.47. The number of nitrogen functional groups attached to an aromatic ring is 1. The van der Waals surface area contributed by atoms with E-state index < -0.39 is 0 Å². The van der Waals surface area contributed by atoms with E-state index in [4.69, 9.17) is 21.0 Å². The van der Waals surface area contributed by atoms with Crippen LogP contribution in [0.25, 0.3) is 0 Å². The van der Waals surface area contributed by atoms with E-state index in [0.29, 0.717) is 9.39 Å². The second-order valence-electron chi connectivity index (χ2n) is 1.60. The summed E-state index contributed by atoms with van der Waals surface area (Å²) < 4.78 is 0.607. The predicted octanol–water partition coefficient (Wildman–Crippen LogP) is 1.22. The Morgan fingerprint density at radius 2 is 2.15 bits per heavy atom. The second kappa shape index (κ2) is 8.58. The molecule has 0 fully saturated rings. The molecule has 0 aliphatic heterocycles. The van der Waals surface area contributed by atoms with Gasteiger partial charge in [-0.2, -0.15) is 0 Å². The number of aromatic hydroxyl groups is 1. The third-order valence-corrected chi connectivity index (χ3v) is 2.00. The number of aromatic nitrogens is 1. The minimum absolute atomic E-state index is 0. The van der Waals surface area contributed by atoms with Crippen molar-refractivity contribution in [2.24, 2.45) is 5.34 Å². The zero-order valence-electron chi connectivity index (χ0n) is 6.35. The van der Waals surface area contributed by atoms with E-state index in [-0.39, 0.29) is 38.5 Å². The van der Waals surface area contributed by atoms with Crippen LogP contribution in [0.4, 0.5) is 5.82 Å². The summed E-state index contributed by atoms with van der Waals surface area (Å²) in [6, 6.07) is 1.50. The Morgan fingerprint density at radius 3 is 2.46 bits per heavy atom. The van der Waals surface area contributed by atoms with Crippen molar-refractivity contribution < 1.29 is 37.8 Å². The van der Waals surface area contributed by atoms with Gasteiger partial charge in [-0.3, -0.25) is 0 Å². The molecule has 0 bridgehead atoms. The normalized spacial score (nSPS) is 7.46.